The molecule has 0 aromatic heterocycles. The van der Waals surface area contributed by atoms with E-state index in [1.54, 1.807) is 36.4 Å². The highest BCUT2D eigenvalue weighted by molar-refractivity contribution is 8.15. The van der Waals surface area contributed by atoms with Crippen molar-refractivity contribution in [2.75, 3.05) is 5.75 Å². The smallest absolute Gasteiger partial charge is 0.260 e. The molecule has 0 aliphatic heterocycles. The van der Waals surface area contributed by atoms with Crippen molar-refractivity contribution in [3.8, 4) is 0 Å². The molecular weight excluding hydrogens is 196 g/mol. The Morgan fingerprint density at radius 1 is 1.29 bits per heavy atom. The van der Waals surface area contributed by atoms with Crippen molar-refractivity contribution < 1.29 is 9.59 Å². The Morgan fingerprint density at radius 3 is 2.50 bits per heavy atom. The van der Waals surface area contributed by atoms with Gasteiger partial charge in [-0.1, -0.05) is 48.2 Å². The minimum absolute atomic E-state index is 0.434. The summed E-state index contributed by atoms with van der Waals surface area (Å²) in [5, 5.41) is -0.434. The molecule has 72 valence electrons. The predicted molar refractivity (Wildman–Crippen MR) is 58.4 cm³/mol. The zero-order valence-electron chi connectivity index (χ0n) is 7.60. The first-order valence-corrected chi connectivity index (χ1v) is 5.11. The zero-order chi connectivity index (χ0) is 10.4. The molecule has 0 bridgehead atoms. The minimum atomic E-state index is -0.447. The van der Waals surface area contributed by atoms with E-state index in [-0.39, 0.29) is 0 Å². The van der Waals surface area contributed by atoms with Gasteiger partial charge in [-0.05, 0) is 0 Å². The Morgan fingerprint density at radius 2 is 1.93 bits per heavy atom. The standard InChI is InChI=1S/C11H10O2S/c1-2-8-14-11(13)10(12)9-6-4-3-5-7-9/h2-7H,1,8H2. The molecule has 0 atom stereocenters. The van der Waals surface area contributed by atoms with Gasteiger partial charge in [0.2, 0.25) is 5.78 Å². The van der Waals surface area contributed by atoms with Crippen LogP contribution in [-0.4, -0.2) is 16.7 Å². The molecule has 0 saturated carbocycles. The maximum absolute atomic E-state index is 11.4. The molecule has 0 radical (unpaired) electrons. The number of benzene rings is 1. The monoisotopic (exact) mass is 206 g/mol. The number of hydrogen-bond acceptors (Lipinski definition) is 3. The highest BCUT2D eigenvalue weighted by atomic mass is 32.2. The number of Topliss-reactive ketones (excluding diaryl/α,β-unsaturated/α-hetero) is 1. The minimum Gasteiger partial charge on any atom is -0.284 e. The van der Waals surface area contributed by atoms with Gasteiger partial charge in [-0.25, -0.2) is 0 Å². The van der Waals surface area contributed by atoms with Crippen LogP contribution in [0.15, 0.2) is 43.0 Å². The van der Waals surface area contributed by atoms with E-state index in [0.717, 1.165) is 11.8 Å². The second kappa shape index (κ2) is 5.40. The quantitative estimate of drug-likeness (QED) is 0.430. The van der Waals surface area contributed by atoms with E-state index in [1.807, 2.05) is 0 Å². The van der Waals surface area contributed by atoms with Gasteiger partial charge in [-0.2, -0.15) is 0 Å². The third-order valence-corrected chi connectivity index (χ3v) is 2.40. The average Bonchev–Trinajstić information content (AvgIpc) is 2.26. The van der Waals surface area contributed by atoms with Crippen molar-refractivity contribution in [1.29, 1.82) is 0 Å². The fourth-order valence-electron chi connectivity index (χ4n) is 0.908. The molecule has 1 aromatic carbocycles. The number of hydrogen-bond donors (Lipinski definition) is 0. The van der Waals surface area contributed by atoms with Crippen LogP contribution in [0.3, 0.4) is 0 Å². The van der Waals surface area contributed by atoms with E-state index in [2.05, 4.69) is 6.58 Å². The van der Waals surface area contributed by atoms with Crippen LogP contribution in [0.2, 0.25) is 0 Å². The van der Waals surface area contributed by atoms with E-state index in [4.69, 9.17) is 0 Å². The van der Waals surface area contributed by atoms with Gasteiger partial charge in [0.15, 0.2) is 0 Å². The van der Waals surface area contributed by atoms with Crippen molar-refractivity contribution in [2.45, 2.75) is 0 Å². The van der Waals surface area contributed by atoms with Gasteiger partial charge in [0.1, 0.15) is 0 Å². The topological polar surface area (TPSA) is 34.1 Å². The van der Waals surface area contributed by atoms with Crippen LogP contribution in [0.5, 0.6) is 0 Å². The lowest BCUT2D eigenvalue weighted by Gasteiger charge is -1.97. The first kappa shape index (κ1) is 10.7. The normalized spacial score (nSPS) is 9.43. The lowest BCUT2D eigenvalue weighted by atomic mass is 10.1. The second-order valence-corrected chi connectivity index (χ2v) is 3.58. The van der Waals surface area contributed by atoms with Crippen LogP contribution in [0, 0.1) is 0 Å². The maximum atomic E-state index is 11.4. The molecule has 2 nitrogen and oxygen atoms in total. The van der Waals surface area contributed by atoms with Gasteiger partial charge >= 0.3 is 0 Å². The summed E-state index contributed by atoms with van der Waals surface area (Å²) in [5.41, 5.74) is 0.439. The van der Waals surface area contributed by atoms with Crippen LogP contribution >= 0.6 is 11.8 Å². The van der Waals surface area contributed by atoms with Gasteiger partial charge < -0.3 is 0 Å². The van der Waals surface area contributed by atoms with Gasteiger partial charge in [-0.3, -0.25) is 9.59 Å². The fraction of sp³-hybridized carbons (Fsp3) is 0.0909. The van der Waals surface area contributed by atoms with E-state index in [0.29, 0.717) is 11.3 Å². The van der Waals surface area contributed by atoms with Crippen molar-refractivity contribution >= 4 is 22.7 Å². The highest BCUT2D eigenvalue weighted by Crippen LogP contribution is 2.09. The van der Waals surface area contributed by atoms with Gasteiger partial charge in [0.05, 0.1) is 0 Å². The molecule has 0 amide bonds. The number of carbonyl (C=O) groups is 2. The first-order valence-electron chi connectivity index (χ1n) is 4.13. The lowest BCUT2D eigenvalue weighted by molar-refractivity contribution is -0.107. The third kappa shape index (κ3) is 2.85. The molecule has 3 heteroatoms. The van der Waals surface area contributed by atoms with E-state index in [1.165, 1.54) is 0 Å². The number of rotatable bonds is 4. The Bertz CT molecular complexity index is 344. The summed E-state index contributed by atoms with van der Waals surface area (Å²) in [6.45, 7) is 3.48. The Kier molecular flexibility index (Phi) is 4.13. The SMILES string of the molecule is C=CCSC(=O)C(=O)c1ccccc1. The van der Waals surface area contributed by atoms with E-state index >= 15 is 0 Å². The van der Waals surface area contributed by atoms with Crippen LogP contribution in [0.25, 0.3) is 0 Å². The molecule has 0 fully saturated rings. The van der Waals surface area contributed by atoms with Crippen LogP contribution in [0.4, 0.5) is 0 Å². The molecular formula is C11H10O2S. The van der Waals surface area contributed by atoms with Crippen LogP contribution in [-0.2, 0) is 4.79 Å². The highest BCUT2D eigenvalue weighted by Gasteiger charge is 2.14. The fourth-order valence-corrected chi connectivity index (χ4v) is 1.43. The summed E-state index contributed by atoms with van der Waals surface area (Å²) < 4.78 is 0. The average molecular weight is 206 g/mol. The summed E-state index contributed by atoms with van der Waals surface area (Å²) in [7, 11) is 0. The maximum Gasteiger partial charge on any atom is 0.260 e. The zero-order valence-corrected chi connectivity index (χ0v) is 8.42. The summed E-state index contributed by atoms with van der Waals surface area (Å²) in [4.78, 5) is 22.7. The number of ketones is 1. The van der Waals surface area contributed by atoms with E-state index in [9.17, 15) is 9.59 Å². The molecule has 0 N–H and O–H groups in total. The van der Waals surface area contributed by atoms with Gasteiger partial charge in [0, 0.05) is 11.3 Å². The Hall–Kier alpha value is -1.35. The summed E-state index contributed by atoms with van der Waals surface area (Å²) in [6.07, 6.45) is 1.60. The van der Waals surface area contributed by atoms with Crippen LogP contribution in [0.1, 0.15) is 10.4 Å². The molecule has 0 spiro atoms. The molecule has 1 aromatic rings. The summed E-state index contributed by atoms with van der Waals surface area (Å²) >= 11 is 0.973. The first-order chi connectivity index (χ1) is 6.75. The number of thioether (sulfide) groups is 1. The molecule has 14 heavy (non-hydrogen) atoms. The molecule has 0 saturated heterocycles. The lowest BCUT2D eigenvalue weighted by Crippen LogP contribution is -2.10. The van der Waals surface area contributed by atoms with Crippen molar-refractivity contribution in [3.63, 3.8) is 0 Å². The molecule has 0 aliphatic carbocycles. The summed E-state index contributed by atoms with van der Waals surface area (Å²) in [6, 6.07) is 8.54. The van der Waals surface area contributed by atoms with Crippen molar-refractivity contribution in [1.82, 2.24) is 0 Å². The Labute approximate surface area is 87.0 Å². The molecule has 0 heterocycles. The third-order valence-electron chi connectivity index (χ3n) is 1.55. The van der Waals surface area contributed by atoms with Crippen LogP contribution < -0.4 is 0 Å². The van der Waals surface area contributed by atoms with Crippen molar-refractivity contribution in [3.05, 3.63) is 48.6 Å². The molecule has 0 aliphatic rings. The molecule has 0 unspecified atom stereocenters. The predicted octanol–water partition coefficient (Wildman–Crippen LogP) is 2.32. The Balaban J connectivity index is 2.66. The van der Waals surface area contributed by atoms with Crippen molar-refractivity contribution in [2.24, 2.45) is 0 Å². The number of carbonyl (C=O) groups excluding carboxylic acids is 2. The summed E-state index contributed by atoms with van der Waals surface area (Å²) in [5.74, 6) is 0.0228. The largest absolute Gasteiger partial charge is 0.284 e. The van der Waals surface area contributed by atoms with E-state index < -0.39 is 10.9 Å². The molecule has 1 rings (SSSR count). The van der Waals surface area contributed by atoms with Gasteiger partial charge in [-0.15, -0.1) is 6.58 Å². The second-order valence-electron chi connectivity index (χ2n) is 2.58. The van der Waals surface area contributed by atoms with Gasteiger partial charge in [0.25, 0.3) is 5.12 Å².